The molecule has 226 valence electrons. The normalized spacial score (nSPS) is 12.4. The van der Waals surface area contributed by atoms with Crippen molar-refractivity contribution >= 4 is 39.1 Å². The van der Waals surface area contributed by atoms with E-state index in [2.05, 4.69) is 5.32 Å². The van der Waals surface area contributed by atoms with Crippen LogP contribution >= 0.6 is 11.6 Å². The molecule has 2 amide bonds. The van der Waals surface area contributed by atoms with E-state index in [0.29, 0.717) is 21.7 Å². The molecule has 0 unspecified atom stereocenters. The Balaban J connectivity index is 2.11. The van der Waals surface area contributed by atoms with E-state index in [0.717, 1.165) is 17.7 Å². The molecule has 0 aromatic heterocycles. The fourth-order valence-corrected chi connectivity index (χ4v) is 5.71. The molecule has 13 heteroatoms. The summed E-state index contributed by atoms with van der Waals surface area (Å²) < 4.78 is 74.6. The van der Waals surface area contributed by atoms with Gasteiger partial charge >= 0.3 is 6.18 Å². The first-order chi connectivity index (χ1) is 19.7. The molecule has 1 N–H and O–H groups in total. The molecule has 0 radical (unpaired) electrons. The number of carbonyl (C=O) groups excluding carboxylic acids is 2. The Kier molecular flexibility index (Phi) is 10.5. The Bertz CT molecular complexity index is 1510. The summed E-state index contributed by atoms with van der Waals surface area (Å²) in [7, 11) is -3.06. The minimum Gasteiger partial charge on any atom is -0.497 e. The summed E-state index contributed by atoms with van der Waals surface area (Å²) in [5, 5.41) is 2.01. The molecule has 0 aliphatic rings. The monoisotopic (exact) mass is 625 g/mol. The van der Waals surface area contributed by atoms with Crippen LogP contribution in [0.2, 0.25) is 5.02 Å². The summed E-state index contributed by atoms with van der Waals surface area (Å²) in [6.07, 6.45) is -4.89. The standard InChI is InChI=1S/C29H31ClF3N3O5S/c1-5-34-28(38)20(3)35(17-21-8-11-23(41-4)12-9-21)27(37)18-36(42(39,40)24-13-6-19(2)7-14-24)22-10-15-26(30)25(16-22)29(31,32)33/h6-16,20H,5,17-18H2,1-4H3,(H,34,38)/t20-/m1/s1. The first-order valence-electron chi connectivity index (χ1n) is 12.8. The Hall–Kier alpha value is -3.77. The zero-order chi connectivity index (χ0) is 31.2. The number of ether oxygens (including phenoxy) is 1. The van der Waals surface area contributed by atoms with Crippen molar-refractivity contribution in [2.45, 2.75) is 44.4 Å². The number of carbonyl (C=O) groups is 2. The predicted octanol–water partition coefficient (Wildman–Crippen LogP) is 5.42. The second-order valence-electron chi connectivity index (χ2n) is 9.43. The third kappa shape index (κ3) is 7.74. The highest BCUT2D eigenvalue weighted by Crippen LogP contribution is 2.38. The highest BCUT2D eigenvalue weighted by molar-refractivity contribution is 7.92. The lowest BCUT2D eigenvalue weighted by atomic mass is 10.1. The van der Waals surface area contributed by atoms with E-state index in [1.807, 2.05) is 0 Å². The molecule has 3 rings (SSSR count). The zero-order valence-electron chi connectivity index (χ0n) is 23.4. The zero-order valence-corrected chi connectivity index (χ0v) is 25.0. The van der Waals surface area contributed by atoms with Gasteiger partial charge in [-0.1, -0.05) is 41.4 Å². The van der Waals surface area contributed by atoms with Gasteiger partial charge in [0.2, 0.25) is 11.8 Å². The Labute approximate surface area is 248 Å². The van der Waals surface area contributed by atoms with Crippen LogP contribution in [0.25, 0.3) is 0 Å². The van der Waals surface area contributed by atoms with Crippen LogP contribution in [0, 0.1) is 6.92 Å². The fourth-order valence-electron chi connectivity index (χ4n) is 4.08. The van der Waals surface area contributed by atoms with Crippen LogP contribution < -0.4 is 14.4 Å². The molecule has 3 aromatic rings. The maximum atomic E-state index is 13.9. The molecule has 0 aliphatic heterocycles. The number of nitrogens with one attached hydrogen (secondary N) is 1. The van der Waals surface area contributed by atoms with E-state index >= 15 is 0 Å². The van der Waals surface area contributed by atoms with Gasteiger partial charge < -0.3 is 15.0 Å². The van der Waals surface area contributed by atoms with Crippen molar-refractivity contribution in [1.29, 1.82) is 0 Å². The van der Waals surface area contributed by atoms with Gasteiger partial charge in [0.25, 0.3) is 10.0 Å². The van der Waals surface area contributed by atoms with Crippen LogP contribution in [0.4, 0.5) is 18.9 Å². The van der Waals surface area contributed by atoms with Gasteiger partial charge in [0, 0.05) is 13.1 Å². The Morgan fingerprint density at radius 3 is 2.19 bits per heavy atom. The van der Waals surface area contributed by atoms with Crippen LogP contribution in [0.5, 0.6) is 5.75 Å². The van der Waals surface area contributed by atoms with E-state index < -0.39 is 56.9 Å². The topological polar surface area (TPSA) is 96.0 Å². The first-order valence-corrected chi connectivity index (χ1v) is 14.7. The molecule has 0 heterocycles. The van der Waals surface area contributed by atoms with Crippen molar-refractivity contribution in [3.8, 4) is 5.75 Å². The van der Waals surface area contributed by atoms with Gasteiger partial charge in [-0.3, -0.25) is 13.9 Å². The Morgan fingerprint density at radius 1 is 1.02 bits per heavy atom. The summed E-state index contributed by atoms with van der Waals surface area (Å²) in [5.74, 6) is -0.742. The van der Waals surface area contributed by atoms with Crippen molar-refractivity contribution in [3.05, 3.63) is 88.4 Å². The second kappa shape index (κ2) is 13.5. The molecule has 0 saturated carbocycles. The van der Waals surface area contributed by atoms with E-state index in [1.54, 1.807) is 38.1 Å². The molecule has 8 nitrogen and oxygen atoms in total. The van der Waals surface area contributed by atoms with Gasteiger partial charge in [0.1, 0.15) is 18.3 Å². The van der Waals surface area contributed by atoms with E-state index in [9.17, 15) is 31.2 Å². The number of aryl methyl sites for hydroxylation is 1. The molecular weight excluding hydrogens is 595 g/mol. The number of benzene rings is 3. The van der Waals surface area contributed by atoms with Gasteiger partial charge in [0.05, 0.1) is 28.3 Å². The number of halogens is 4. The maximum absolute atomic E-state index is 13.9. The van der Waals surface area contributed by atoms with Gasteiger partial charge in [-0.25, -0.2) is 8.42 Å². The van der Waals surface area contributed by atoms with Gasteiger partial charge in [-0.2, -0.15) is 13.2 Å². The van der Waals surface area contributed by atoms with Crippen LogP contribution in [0.15, 0.2) is 71.6 Å². The van der Waals surface area contributed by atoms with Crippen molar-refractivity contribution in [2.75, 3.05) is 24.5 Å². The summed E-state index contributed by atoms with van der Waals surface area (Å²) in [5.41, 5.74) is -0.317. The minimum absolute atomic E-state index is 0.0893. The van der Waals surface area contributed by atoms with Crippen molar-refractivity contribution in [2.24, 2.45) is 0 Å². The average Bonchev–Trinajstić information content (AvgIpc) is 2.94. The Morgan fingerprint density at radius 2 is 1.64 bits per heavy atom. The lowest BCUT2D eigenvalue weighted by molar-refractivity contribution is -0.139. The number of hydrogen-bond donors (Lipinski definition) is 1. The van der Waals surface area contributed by atoms with Crippen molar-refractivity contribution in [1.82, 2.24) is 10.2 Å². The van der Waals surface area contributed by atoms with Crippen LogP contribution in [0.1, 0.15) is 30.5 Å². The average molecular weight is 626 g/mol. The van der Waals surface area contributed by atoms with E-state index in [4.69, 9.17) is 16.3 Å². The quantitative estimate of drug-likeness (QED) is 0.307. The molecule has 1 atom stereocenters. The highest BCUT2D eigenvalue weighted by atomic mass is 35.5. The third-order valence-corrected chi connectivity index (χ3v) is 8.58. The van der Waals surface area contributed by atoms with Crippen LogP contribution in [-0.4, -0.2) is 51.4 Å². The van der Waals surface area contributed by atoms with Gasteiger partial charge in [0.15, 0.2) is 0 Å². The van der Waals surface area contributed by atoms with Crippen LogP contribution in [-0.2, 0) is 32.3 Å². The summed E-state index contributed by atoms with van der Waals surface area (Å²) >= 11 is 5.79. The predicted molar refractivity (Wildman–Crippen MR) is 154 cm³/mol. The fraction of sp³-hybridized carbons (Fsp3) is 0.310. The van der Waals surface area contributed by atoms with E-state index in [1.165, 1.54) is 43.2 Å². The van der Waals surface area contributed by atoms with E-state index in [-0.39, 0.29) is 18.0 Å². The molecule has 0 saturated heterocycles. The molecule has 0 aliphatic carbocycles. The minimum atomic E-state index is -4.89. The number of hydrogen-bond acceptors (Lipinski definition) is 5. The SMILES string of the molecule is CCNC(=O)[C@@H](C)N(Cc1ccc(OC)cc1)C(=O)CN(c1ccc(Cl)c(C(F)(F)F)c1)S(=O)(=O)c1ccc(C)cc1. The first kappa shape index (κ1) is 32.7. The van der Waals surface area contributed by atoms with Gasteiger partial charge in [-0.15, -0.1) is 0 Å². The van der Waals surface area contributed by atoms with Crippen molar-refractivity contribution < 1.29 is 35.9 Å². The molecule has 42 heavy (non-hydrogen) atoms. The number of amides is 2. The number of anilines is 1. The second-order valence-corrected chi connectivity index (χ2v) is 11.7. The number of rotatable bonds is 11. The summed E-state index contributed by atoms with van der Waals surface area (Å²) in [6.45, 7) is 4.23. The van der Waals surface area contributed by atoms with Crippen molar-refractivity contribution in [3.63, 3.8) is 0 Å². The number of methoxy groups -OCH3 is 1. The summed E-state index contributed by atoms with van der Waals surface area (Å²) in [6, 6.07) is 13.9. The lowest BCUT2D eigenvalue weighted by Gasteiger charge is -2.32. The molecule has 3 aromatic carbocycles. The molecule has 0 spiro atoms. The number of alkyl halides is 3. The number of sulfonamides is 1. The lowest BCUT2D eigenvalue weighted by Crippen LogP contribution is -2.51. The smallest absolute Gasteiger partial charge is 0.417 e. The molecule has 0 bridgehead atoms. The summed E-state index contributed by atoms with van der Waals surface area (Å²) in [4.78, 5) is 27.6. The number of nitrogens with zero attached hydrogens (tertiary/aromatic N) is 2. The maximum Gasteiger partial charge on any atom is 0.417 e. The molecular formula is C29H31ClF3N3O5S. The van der Waals surface area contributed by atoms with Gasteiger partial charge in [-0.05, 0) is 68.8 Å². The molecule has 0 fully saturated rings. The number of likely N-dealkylation sites (N-methyl/N-ethyl adjacent to an activating group) is 1. The highest BCUT2D eigenvalue weighted by Gasteiger charge is 2.37. The third-order valence-electron chi connectivity index (χ3n) is 6.46. The van der Waals surface area contributed by atoms with Crippen LogP contribution in [0.3, 0.4) is 0 Å². The largest absolute Gasteiger partial charge is 0.497 e.